The molecule has 85 valence electrons. The van der Waals surface area contributed by atoms with Gasteiger partial charge < -0.3 is 0 Å². The van der Waals surface area contributed by atoms with Crippen molar-refractivity contribution in [3.05, 3.63) is 65.7 Å². The smallest absolute Gasteiger partial charge is 0.172 e. The molecule has 0 saturated carbocycles. The van der Waals surface area contributed by atoms with Gasteiger partial charge in [-0.1, -0.05) is 71.9 Å². The van der Waals surface area contributed by atoms with E-state index in [1.54, 1.807) is 0 Å². The van der Waals surface area contributed by atoms with E-state index in [1.807, 2.05) is 36.4 Å². The van der Waals surface area contributed by atoms with E-state index < -0.39 is 8.80 Å². The molecule has 0 aliphatic heterocycles. The third-order valence-electron chi connectivity index (χ3n) is 2.83. The predicted octanol–water partition coefficient (Wildman–Crippen LogP) is 2.75. The van der Waals surface area contributed by atoms with Crippen molar-refractivity contribution in [3.8, 4) is 0 Å². The van der Waals surface area contributed by atoms with E-state index in [4.69, 9.17) is 0 Å². The second-order valence-electron chi connectivity index (χ2n) is 4.19. The molecule has 0 atom stereocenters. The van der Waals surface area contributed by atoms with Crippen LogP contribution in [0, 0.1) is 6.92 Å². The van der Waals surface area contributed by atoms with Crippen molar-refractivity contribution < 1.29 is 4.79 Å². The van der Waals surface area contributed by atoms with Gasteiger partial charge in [0, 0.05) is 5.56 Å². The Labute approximate surface area is 104 Å². The maximum absolute atomic E-state index is 12.3. The lowest BCUT2D eigenvalue weighted by atomic mass is 10.2. The van der Waals surface area contributed by atoms with Crippen molar-refractivity contribution in [1.29, 1.82) is 0 Å². The quantitative estimate of drug-likeness (QED) is 0.753. The molecule has 0 amide bonds. The third kappa shape index (κ3) is 2.71. The molecule has 0 saturated heterocycles. The zero-order chi connectivity index (χ0) is 12.3. The van der Waals surface area contributed by atoms with Crippen molar-refractivity contribution in [1.82, 2.24) is 0 Å². The summed E-state index contributed by atoms with van der Waals surface area (Å²) in [6.45, 7) is 4.13. The third-order valence-corrected chi connectivity index (χ3v) is 4.97. The maximum atomic E-state index is 12.3. The van der Waals surface area contributed by atoms with Crippen LogP contribution in [0.4, 0.5) is 0 Å². The summed E-state index contributed by atoms with van der Waals surface area (Å²) in [5.74, 6) is 0. The van der Waals surface area contributed by atoms with Crippen molar-refractivity contribution in [2.24, 2.45) is 0 Å². The molecule has 2 rings (SSSR count). The molecule has 0 aromatic heterocycles. The number of aryl methyl sites for hydroxylation is 1. The van der Waals surface area contributed by atoms with Crippen molar-refractivity contribution in [2.45, 2.75) is 13.5 Å². The van der Waals surface area contributed by atoms with Gasteiger partial charge in [-0.15, -0.1) is 0 Å². The first-order valence-electron chi connectivity index (χ1n) is 5.69. The first-order chi connectivity index (χ1) is 8.18. The summed E-state index contributed by atoms with van der Waals surface area (Å²) < 4.78 is 0. The summed E-state index contributed by atoms with van der Waals surface area (Å²) in [7, 11) is -1.16. The first-order valence-corrected chi connectivity index (χ1v) is 7.69. The fraction of sp³-hybridized carbons (Fsp3) is 0.133. The lowest BCUT2D eigenvalue weighted by molar-refractivity contribution is 0.107. The van der Waals surface area contributed by atoms with Gasteiger partial charge in [0.05, 0.1) is 0 Å². The molecule has 0 bridgehead atoms. The number of hydrogen-bond donors (Lipinski definition) is 0. The summed E-state index contributed by atoms with van der Waals surface area (Å²) in [6.07, 6.45) is 0. The molecular weight excluding hydrogens is 224 g/mol. The van der Waals surface area contributed by atoms with Gasteiger partial charge in [-0.25, -0.2) is 0 Å². The molecule has 2 aromatic rings. The summed E-state index contributed by atoms with van der Waals surface area (Å²) in [4.78, 5) is 12.3. The Balaban J connectivity index is 2.27. The van der Waals surface area contributed by atoms with Gasteiger partial charge in [-0.3, -0.25) is 4.79 Å². The Morgan fingerprint density at radius 3 is 2.35 bits per heavy atom. The van der Waals surface area contributed by atoms with Crippen LogP contribution in [0.2, 0.25) is 6.55 Å². The van der Waals surface area contributed by atoms with E-state index in [0.717, 1.165) is 5.56 Å². The largest absolute Gasteiger partial charge is 0.300 e. The summed E-state index contributed by atoms with van der Waals surface area (Å²) >= 11 is 0. The topological polar surface area (TPSA) is 17.1 Å². The van der Waals surface area contributed by atoms with Crippen LogP contribution in [0.15, 0.2) is 54.6 Å². The van der Waals surface area contributed by atoms with Crippen LogP contribution >= 0.6 is 0 Å². The van der Waals surface area contributed by atoms with Crippen molar-refractivity contribution in [2.75, 3.05) is 0 Å². The monoisotopic (exact) mass is 239 g/mol. The molecule has 0 aliphatic rings. The van der Waals surface area contributed by atoms with E-state index in [9.17, 15) is 4.79 Å². The van der Waals surface area contributed by atoms with Crippen LogP contribution < -0.4 is 5.19 Å². The molecular formula is C15H15OSi. The summed E-state index contributed by atoms with van der Waals surface area (Å²) in [5, 5.41) is 1.46. The minimum atomic E-state index is -1.16. The van der Waals surface area contributed by atoms with E-state index in [1.165, 1.54) is 10.8 Å². The fourth-order valence-corrected chi connectivity index (χ4v) is 3.47. The zero-order valence-electron chi connectivity index (χ0n) is 10.1. The molecule has 0 spiro atoms. The highest BCUT2D eigenvalue weighted by Crippen LogP contribution is 2.04. The maximum Gasteiger partial charge on any atom is 0.172 e. The molecule has 0 fully saturated rings. The normalized spacial score (nSPS) is 10.5. The Bertz CT molecular complexity index is 519. The summed E-state index contributed by atoms with van der Waals surface area (Å²) in [5.41, 5.74) is 2.04. The highest BCUT2D eigenvalue weighted by molar-refractivity contribution is 7.00. The van der Waals surface area contributed by atoms with Crippen molar-refractivity contribution >= 4 is 19.4 Å². The standard InChI is InChI=1S/C15H15OSi/c1-12-7-6-10-14(11-12)17(2)15(16)13-8-4-3-5-9-13/h3-11H,1-2H3. The van der Waals surface area contributed by atoms with Crippen LogP contribution in [0.5, 0.6) is 0 Å². The number of carbonyl (C=O) groups excluding carboxylic acids is 1. The first kappa shape index (κ1) is 11.8. The Morgan fingerprint density at radius 1 is 1.00 bits per heavy atom. The molecule has 0 heterocycles. The number of carbonyl (C=O) groups is 1. The van der Waals surface area contributed by atoms with Crippen LogP contribution in [0.1, 0.15) is 15.9 Å². The SMILES string of the molecule is Cc1cccc([Si](C)C(=O)c2ccccc2)c1. The van der Waals surface area contributed by atoms with E-state index >= 15 is 0 Å². The lowest BCUT2D eigenvalue weighted by Crippen LogP contribution is -2.36. The summed E-state index contributed by atoms with van der Waals surface area (Å²) in [6, 6.07) is 17.8. The van der Waals surface area contributed by atoms with Crippen molar-refractivity contribution in [3.63, 3.8) is 0 Å². The Kier molecular flexibility index (Phi) is 3.54. The molecule has 0 unspecified atom stereocenters. The minimum Gasteiger partial charge on any atom is -0.300 e. The van der Waals surface area contributed by atoms with E-state index in [0.29, 0.717) is 0 Å². The van der Waals surface area contributed by atoms with E-state index in [-0.39, 0.29) is 5.41 Å². The van der Waals surface area contributed by atoms with Crippen LogP contribution in [0.25, 0.3) is 0 Å². The van der Waals surface area contributed by atoms with Gasteiger partial charge in [-0.05, 0) is 6.92 Å². The Hall–Kier alpha value is -1.67. The van der Waals surface area contributed by atoms with Gasteiger partial charge >= 0.3 is 0 Å². The van der Waals surface area contributed by atoms with Gasteiger partial charge in [0.2, 0.25) is 0 Å². The van der Waals surface area contributed by atoms with E-state index in [2.05, 4.69) is 31.7 Å². The molecule has 17 heavy (non-hydrogen) atoms. The number of rotatable bonds is 3. The van der Waals surface area contributed by atoms with Gasteiger partial charge in [0.15, 0.2) is 8.80 Å². The molecule has 1 radical (unpaired) electrons. The lowest BCUT2D eigenvalue weighted by Gasteiger charge is -2.09. The van der Waals surface area contributed by atoms with Gasteiger partial charge in [0.1, 0.15) is 5.41 Å². The molecule has 1 nitrogen and oxygen atoms in total. The number of hydrogen-bond acceptors (Lipinski definition) is 1. The molecule has 0 aliphatic carbocycles. The minimum absolute atomic E-state index is 0.279. The van der Waals surface area contributed by atoms with Gasteiger partial charge in [-0.2, -0.15) is 0 Å². The van der Waals surface area contributed by atoms with Crippen LogP contribution in [-0.2, 0) is 0 Å². The predicted molar refractivity (Wildman–Crippen MR) is 73.2 cm³/mol. The highest BCUT2D eigenvalue weighted by Gasteiger charge is 2.19. The number of benzene rings is 2. The zero-order valence-corrected chi connectivity index (χ0v) is 11.1. The average molecular weight is 239 g/mol. The second-order valence-corrected chi connectivity index (χ2v) is 6.47. The highest BCUT2D eigenvalue weighted by atomic mass is 28.3. The molecule has 2 aromatic carbocycles. The second kappa shape index (κ2) is 5.10. The molecule has 0 N–H and O–H groups in total. The molecule has 2 heteroatoms. The van der Waals surface area contributed by atoms with Gasteiger partial charge in [0.25, 0.3) is 0 Å². The Morgan fingerprint density at radius 2 is 1.71 bits per heavy atom. The van der Waals surface area contributed by atoms with Crippen LogP contribution in [-0.4, -0.2) is 14.2 Å². The average Bonchev–Trinajstić information content (AvgIpc) is 2.38. The van der Waals surface area contributed by atoms with Crippen LogP contribution in [0.3, 0.4) is 0 Å². The fourth-order valence-electron chi connectivity index (χ4n) is 1.82.